The van der Waals surface area contributed by atoms with Crippen molar-refractivity contribution < 1.29 is 28.6 Å². The second-order valence-corrected chi connectivity index (χ2v) is 11.2. The molecule has 0 aliphatic carbocycles. The van der Waals surface area contributed by atoms with Crippen molar-refractivity contribution >= 4 is 34.7 Å². The van der Waals surface area contributed by atoms with E-state index in [0.29, 0.717) is 46.7 Å². The number of methoxy groups -OCH3 is 2. The van der Waals surface area contributed by atoms with Gasteiger partial charge < -0.3 is 24.8 Å². The Kier molecular flexibility index (Phi) is 11.0. The number of benzene rings is 2. The van der Waals surface area contributed by atoms with E-state index >= 15 is 0 Å². The number of hydrogen-bond acceptors (Lipinski definition) is 7. The second-order valence-electron chi connectivity index (χ2n) is 10.2. The van der Waals surface area contributed by atoms with Crippen molar-refractivity contribution in [2.24, 2.45) is 0 Å². The molecule has 3 aromatic rings. The Morgan fingerprint density at radius 3 is 2.38 bits per heavy atom. The third-order valence-electron chi connectivity index (χ3n) is 7.52. The van der Waals surface area contributed by atoms with Crippen LogP contribution in [0.2, 0.25) is 0 Å². The lowest BCUT2D eigenvalue weighted by molar-refractivity contribution is -0.126. The number of anilines is 1. The Morgan fingerprint density at radius 1 is 1.02 bits per heavy atom. The number of ether oxygens (including phenoxy) is 3. The van der Waals surface area contributed by atoms with Crippen molar-refractivity contribution in [2.45, 2.75) is 51.2 Å². The zero-order valence-corrected chi connectivity index (χ0v) is 25.4. The molecule has 3 amide bonds. The van der Waals surface area contributed by atoms with Crippen LogP contribution in [0.5, 0.6) is 11.5 Å². The van der Waals surface area contributed by atoms with Crippen molar-refractivity contribution in [1.29, 1.82) is 0 Å². The lowest BCUT2D eigenvalue weighted by Gasteiger charge is -2.32. The Labute approximate surface area is 251 Å². The lowest BCUT2D eigenvalue weighted by atomic mass is 9.97. The first kappa shape index (κ1) is 31.1. The Bertz CT molecular complexity index is 1340. The zero-order valence-electron chi connectivity index (χ0n) is 24.6. The average Bonchev–Trinajstić information content (AvgIpc) is 3.76. The number of nitrogens with zero attached hydrogens (tertiary/aromatic N) is 1. The van der Waals surface area contributed by atoms with E-state index in [-0.39, 0.29) is 24.5 Å². The van der Waals surface area contributed by atoms with Crippen LogP contribution in [0.3, 0.4) is 0 Å². The van der Waals surface area contributed by atoms with E-state index in [9.17, 15) is 14.4 Å². The maximum Gasteiger partial charge on any atom is 0.261 e. The van der Waals surface area contributed by atoms with Gasteiger partial charge in [-0.25, -0.2) is 0 Å². The minimum atomic E-state index is -1.06. The van der Waals surface area contributed by atoms with E-state index in [1.165, 1.54) is 30.5 Å². The molecule has 4 rings (SSSR count). The summed E-state index contributed by atoms with van der Waals surface area (Å²) >= 11 is 1.29. The van der Waals surface area contributed by atoms with Gasteiger partial charge in [0.2, 0.25) is 11.8 Å². The van der Waals surface area contributed by atoms with Gasteiger partial charge in [0.25, 0.3) is 5.91 Å². The van der Waals surface area contributed by atoms with Crippen molar-refractivity contribution in [3.05, 3.63) is 76.0 Å². The third-order valence-corrected chi connectivity index (χ3v) is 8.39. The fourth-order valence-corrected chi connectivity index (χ4v) is 5.57. The van der Waals surface area contributed by atoms with Crippen LogP contribution in [0, 0.1) is 0 Å². The van der Waals surface area contributed by atoms with Crippen LogP contribution >= 0.6 is 11.3 Å². The van der Waals surface area contributed by atoms with Gasteiger partial charge in [-0.2, -0.15) is 0 Å². The zero-order chi connectivity index (χ0) is 30.1. The monoisotopic (exact) mass is 593 g/mol. The Balaban J connectivity index is 1.73. The summed E-state index contributed by atoms with van der Waals surface area (Å²) in [6.07, 6.45) is 2.69. The molecule has 2 heterocycles. The molecule has 1 aromatic heterocycles. The highest BCUT2D eigenvalue weighted by atomic mass is 32.1. The molecule has 1 fully saturated rings. The molecule has 0 radical (unpaired) electrons. The van der Waals surface area contributed by atoms with E-state index in [4.69, 9.17) is 14.2 Å². The molecule has 0 saturated carbocycles. The number of hydrogen-bond donors (Lipinski definition) is 2. The van der Waals surface area contributed by atoms with E-state index in [0.717, 1.165) is 24.8 Å². The second kappa shape index (κ2) is 14.8. The van der Waals surface area contributed by atoms with E-state index in [1.807, 2.05) is 24.3 Å². The van der Waals surface area contributed by atoms with Crippen LogP contribution in [0.4, 0.5) is 5.69 Å². The maximum atomic E-state index is 14.0. The third kappa shape index (κ3) is 7.49. The number of carbonyl (C=O) groups is 3. The van der Waals surface area contributed by atoms with Gasteiger partial charge in [0.15, 0.2) is 11.5 Å². The molecule has 2 aromatic carbocycles. The fraction of sp³-hybridized carbons (Fsp3) is 0.406. The summed E-state index contributed by atoms with van der Waals surface area (Å²) in [5, 5.41) is 7.52. The summed E-state index contributed by atoms with van der Waals surface area (Å²) in [4.78, 5) is 42.7. The normalized spacial score (nSPS) is 15.9. The van der Waals surface area contributed by atoms with Gasteiger partial charge in [0.05, 0.1) is 31.7 Å². The summed E-state index contributed by atoms with van der Waals surface area (Å²) in [6, 6.07) is 15.2. The van der Waals surface area contributed by atoms with Gasteiger partial charge in [-0.05, 0) is 72.0 Å². The maximum absolute atomic E-state index is 14.0. The lowest BCUT2D eigenvalue weighted by Crippen LogP contribution is -2.48. The van der Waals surface area contributed by atoms with Crippen molar-refractivity contribution in [2.75, 3.05) is 38.8 Å². The molecule has 1 aliphatic heterocycles. The minimum Gasteiger partial charge on any atom is -0.493 e. The molecule has 224 valence electrons. The summed E-state index contributed by atoms with van der Waals surface area (Å²) in [7, 11) is 3.05. The van der Waals surface area contributed by atoms with Gasteiger partial charge in [-0.1, -0.05) is 38.1 Å². The van der Waals surface area contributed by atoms with Gasteiger partial charge in [0.1, 0.15) is 6.04 Å². The standard InChI is InChI=1S/C32H39N3O6S/c1-5-21(2)22-10-13-24(14-11-22)35(29(36)20-34-31(37)28-9-7-17-42-28)30(32(38)33-19-25-8-6-16-41-25)23-12-15-26(39-3)27(18-23)40-4/h7,9-15,17-18,21,25,30H,5-6,8,16,19-20H2,1-4H3,(H,33,38)(H,34,37)/t21-,25+,30+/m1/s1. The van der Waals surface area contributed by atoms with Gasteiger partial charge in [-0.15, -0.1) is 11.3 Å². The quantitative estimate of drug-likeness (QED) is 0.286. The highest BCUT2D eigenvalue weighted by Gasteiger charge is 2.34. The topological polar surface area (TPSA) is 106 Å². The van der Waals surface area contributed by atoms with Gasteiger partial charge >= 0.3 is 0 Å². The number of nitrogens with one attached hydrogen (secondary N) is 2. The smallest absolute Gasteiger partial charge is 0.261 e. The summed E-state index contributed by atoms with van der Waals surface area (Å²) in [5.74, 6) is 0.0988. The number of rotatable bonds is 13. The van der Waals surface area contributed by atoms with E-state index in [2.05, 4.69) is 24.5 Å². The summed E-state index contributed by atoms with van der Waals surface area (Å²) < 4.78 is 16.7. The van der Waals surface area contributed by atoms with Crippen LogP contribution in [-0.4, -0.2) is 57.7 Å². The molecule has 9 nitrogen and oxygen atoms in total. The molecule has 2 N–H and O–H groups in total. The first-order chi connectivity index (χ1) is 20.4. The predicted molar refractivity (Wildman–Crippen MR) is 164 cm³/mol. The number of amides is 3. The molecule has 0 unspecified atom stereocenters. The summed E-state index contributed by atoms with van der Waals surface area (Å²) in [6.45, 7) is 4.95. The largest absolute Gasteiger partial charge is 0.493 e. The van der Waals surface area contributed by atoms with Crippen LogP contribution in [-0.2, 0) is 14.3 Å². The van der Waals surface area contributed by atoms with Crippen LogP contribution in [0.25, 0.3) is 0 Å². The first-order valence-corrected chi connectivity index (χ1v) is 15.1. The van der Waals surface area contributed by atoms with Crippen molar-refractivity contribution in [3.63, 3.8) is 0 Å². The molecule has 42 heavy (non-hydrogen) atoms. The van der Waals surface area contributed by atoms with E-state index in [1.54, 1.807) is 35.7 Å². The Hall–Kier alpha value is -3.89. The molecule has 3 atom stereocenters. The van der Waals surface area contributed by atoms with E-state index < -0.39 is 11.9 Å². The SMILES string of the molecule is CC[C@@H](C)c1ccc(N(C(=O)CNC(=O)c2cccs2)[C@H](C(=O)NC[C@@H]2CCCO2)c2ccc(OC)c(OC)c2)cc1. The molecule has 10 heteroatoms. The number of carbonyl (C=O) groups excluding carboxylic acids is 3. The molecule has 1 saturated heterocycles. The van der Waals surface area contributed by atoms with Gasteiger partial charge in [0, 0.05) is 18.8 Å². The fourth-order valence-electron chi connectivity index (χ4n) is 4.93. The van der Waals surface area contributed by atoms with Crippen molar-refractivity contribution in [1.82, 2.24) is 10.6 Å². The minimum absolute atomic E-state index is 0.0796. The highest BCUT2D eigenvalue weighted by Crippen LogP contribution is 2.35. The molecular formula is C32H39N3O6S. The Morgan fingerprint density at radius 2 is 1.76 bits per heavy atom. The molecule has 0 bridgehead atoms. The highest BCUT2D eigenvalue weighted by molar-refractivity contribution is 7.12. The first-order valence-electron chi connectivity index (χ1n) is 14.2. The van der Waals surface area contributed by atoms with Crippen LogP contribution < -0.4 is 25.0 Å². The number of thiophene rings is 1. The summed E-state index contributed by atoms with van der Waals surface area (Å²) in [5.41, 5.74) is 2.19. The van der Waals surface area contributed by atoms with Gasteiger partial charge in [-0.3, -0.25) is 19.3 Å². The molecule has 1 aliphatic rings. The predicted octanol–water partition coefficient (Wildman–Crippen LogP) is 5.08. The van der Waals surface area contributed by atoms with Crippen molar-refractivity contribution in [3.8, 4) is 11.5 Å². The average molecular weight is 594 g/mol. The molecular weight excluding hydrogens is 554 g/mol. The molecule has 0 spiro atoms. The van der Waals surface area contributed by atoms with Crippen LogP contribution in [0.15, 0.2) is 60.0 Å². The van der Waals surface area contributed by atoms with Crippen LogP contribution in [0.1, 0.15) is 65.9 Å².